The molecule has 6 heteroatoms. The first-order chi connectivity index (χ1) is 12.6. The number of hydrogen-bond donors (Lipinski definition) is 1. The Labute approximate surface area is 164 Å². The second kappa shape index (κ2) is 9.32. The Balaban J connectivity index is 2.01. The van der Waals surface area contributed by atoms with Gasteiger partial charge in [-0.3, -0.25) is 10.1 Å². The van der Waals surface area contributed by atoms with Gasteiger partial charge in [-0.25, -0.2) is 0 Å². The van der Waals surface area contributed by atoms with E-state index in [-0.39, 0.29) is 29.2 Å². The Hall–Kier alpha value is -1.21. The molecule has 0 unspecified atom stereocenters. The quantitative estimate of drug-likeness (QED) is 0.536. The highest BCUT2D eigenvalue weighted by Gasteiger charge is 2.42. The van der Waals surface area contributed by atoms with Crippen molar-refractivity contribution in [2.24, 2.45) is 0 Å². The highest BCUT2D eigenvalue weighted by molar-refractivity contribution is 6.74. The van der Waals surface area contributed by atoms with E-state index in [1.54, 1.807) is 0 Å². The average Bonchev–Trinajstić information content (AvgIpc) is 3.02. The lowest BCUT2D eigenvalue weighted by atomic mass is 10.1. The van der Waals surface area contributed by atoms with Crippen LogP contribution in [0.25, 0.3) is 0 Å². The van der Waals surface area contributed by atoms with E-state index in [4.69, 9.17) is 13.9 Å². The predicted octanol–water partition coefficient (Wildman–Crippen LogP) is 3.89. The van der Waals surface area contributed by atoms with Gasteiger partial charge in [0, 0.05) is 6.42 Å². The molecule has 1 aliphatic rings. The molecule has 1 aromatic carbocycles. The van der Waals surface area contributed by atoms with Crippen LogP contribution in [-0.4, -0.2) is 45.7 Å². The normalized spacial score (nSPS) is 23.4. The summed E-state index contributed by atoms with van der Waals surface area (Å²) in [5.41, 5.74) is 1.13. The van der Waals surface area contributed by atoms with Crippen LogP contribution in [0.3, 0.4) is 0 Å². The molecule has 0 aromatic heterocycles. The van der Waals surface area contributed by atoms with Crippen LogP contribution < -0.4 is 5.32 Å². The van der Waals surface area contributed by atoms with Gasteiger partial charge in [-0.05, 0) is 30.6 Å². The fourth-order valence-corrected chi connectivity index (χ4v) is 3.90. The lowest BCUT2D eigenvalue weighted by molar-refractivity contribution is -0.145. The molecule has 0 saturated carbocycles. The number of nitrogens with one attached hydrogen (secondary N) is 1. The van der Waals surface area contributed by atoms with E-state index in [0.717, 1.165) is 5.56 Å². The predicted molar refractivity (Wildman–Crippen MR) is 110 cm³/mol. The minimum atomic E-state index is -1.87. The summed E-state index contributed by atoms with van der Waals surface area (Å²) in [5.74, 6) is -0.208. The Morgan fingerprint density at radius 3 is 2.48 bits per heavy atom. The zero-order valence-corrected chi connectivity index (χ0v) is 18.6. The second-order valence-corrected chi connectivity index (χ2v) is 13.5. The molecule has 0 bridgehead atoms. The van der Waals surface area contributed by atoms with Crippen LogP contribution in [0.15, 0.2) is 30.3 Å². The van der Waals surface area contributed by atoms with Crippen molar-refractivity contribution >= 4 is 14.3 Å². The SMILES string of the molecule is CCOC(=O)[C@@H]1C[C@H](OCc2ccccc2)[C@@H](CO[Si](C)(C)C(C)(C)C)N1. The van der Waals surface area contributed by atoms with Gasteiger partial charge in [0.25, 0.3) is 0 Å². The summed E-state index contributed by atoms with van der Waals surface area (Å²) in [6, 6.07) is 9.75. The monoisotopic (exact) mass is 393 g/mol. The van der Waals surface area contributed by atoms with Gasteiger partial charge in [0.1, 0.15) is 6.04 Å². The number of hydrogen-bond acceptors (Lipinski definition) is 5. The van der Waals surface area contributed by atoms with Crippen LogP contribution in [0.1, 0.15) is 39.7 Å². The molecular weight excluding hydrogens is 358 g/mol. The summed E-state index contributed by atoms with van der Waals surface area (Å²) in [6.45, 7) is 14.5. The third-order valence-electron chi connectivity index (χ3n) is 5.64. The van der Waals surface area contributed by atoms with Gasteiger partial charge in [0.05, 0.1) is 32.0 Å². The van der Waals surface area contributed by atoms with Gasteiger partial charge < -0.3 is 13.9 Å². The summed E-state index contributed by atoms with van der Waals surface area (Å²) in [6.07, 6.45) is 0.529. The topological polar surface area (TPSA) is 56.8 Å². The smallest absolute Gasteiger partial charge is 0.323 e. The molecule has 152 valence electrons. The highest BCUT2D eigenvalue weighted by Crippen LogP contribution is 2.37. The number of rotatable bonds is 8. The molecule has 1 aliphatic heterocycles. The first-order valence-electron chi connectivity index (χ1n) is 9.86. The lowest BCUT2D eigenvalue weighted by Crippen LogP contribution is -2.47. The largest absolute Gasteiger partial charge is 0.465 e. The third kappa shape index (κ3) is 6.14. The van der Waals surface area contributed by atoms with E-state index >= 15 is 0 Å². The highest BCUT2D eigenvalue weighted by atomic mass is 28.4. The van der Waals surface area contributed by atoms with Crippen LogP contribution in [0, 0.1) is 0 Å². The molecule has 1 N–H and O–H groups in total. The minimum Gasteiger partial charge on any atom is -0.465 e. The molecule has 0 spiro atoms. The average molecular weight is 394 g/mol. The van der Waals surface area contributed by atoms with Gasteiger partial charge in [0.15, 0.2) is 8.32 Å². The van der Waals surface area contributed by atoms with Crippen LogP contribution in [0.4, 0.5) is 0 Å². The fraction of sp³-hybridized carbons (Fsp3) is 0.667. The van der Waals surface area contributed by atoms with Crippen LogP contribution in [0.5, 0.6) is 0 Å². The van der Waals surface area contributed by atoms with E-state index in [9.17, 15) is 4.79 Å². The fourth-order valence-electron chi connectivity index (χ4n) is 2.87. The van der Waals surface area contributed by atoms with Gasteiger partial charge >= 0.3 is 5.97 Å². The minimum absolute atomic E-state index is 0.0164. The van der Waals surface area contributed by atoms with E-state index in [1.165, 1.54) is 0 Å². The van der Waals surface area contributed by atoms with Crippen molar-refractivity contribution in [3.8, 4) is 0 Å². The van der Waals surface area contributed by atoms with Crippen molar-refractivity contribution in [2.45, 2.75) is 77.0 Å². The van der Waals surface area contributed by atoms with E-state index < -0.39 is 8.32 Å². The van der Waals surface area contributed by atoms with Gasteiger partial charge in [-0.15, -0.1) is 0 Å². The van der Waals surface area contributed by atoms with Crippen molar-refractivity contribution in [3.05, 3.63) is 35.9 Å². The molecule has 0 aliphatic carbocycles. The molecule has 0 amide bonds. The third-order valence-corrected chi connectivity index (χ3v) is 10.1. The number of ether oxygens (including phenoxy) is 2. The number of carbonyl (C=O) groups is 1. The summed E-state index contributed by atoms with van der Waals surface area (Å²) in [4.78, 5) is 12.2. The maximum absolute atomic E-state index is 12.2. The van der Waals surface area contributed by atoms with Crippen molar-refractivity contribution in [1.82, 2.24) is 5.32 Å². The van der Waals surface area contributed by atoms with Crippen molar-refractivity contribution in [2.75, 3.05) is 13.2 Å². The van der Waals surface area contributed by atoms with E-state index in [2.05, 4.69) is 39.2 Å². The second-order valence-electron chi connectivity index (χ2n) is 8.72. The Morgan fingerprint density at radius 2 is 1.89 bits per heavy atom. The molecule has 5 nitrogen and oxygen atoms in total. The molecule has 3 atom stereocenters. The number of benzene rings is 1. The zero-order chi connectivity index (χ0) is 20.1. The van der Waals surface area contributed by atoms with Gasteiger partial charge in [-0.1, -0.05) is 51.1 Å². The Morgan fingerprint density at radius 1 is 1.22 bits per heavy atom. The van der Waals surface area contributed by atoms with Crippen LogP contribution in [0.2, 0.25) is 18.1 Å². The molecule has 0 radical (unpaired) electrons. The first kappa shape index (κ1) is 22.1. The summed E-state index contributed by atoms with van der Waals surface area (Å²) in [5, 5.41) is 3.53. The van der Waals surface area contributed by atoms with Crippen molar-refractivity contribution in [1.29, 1.82) is 0 Å². The Bertz CT molecular complexity index is 600. The zero-order valence-electron chi connectivity index (χ0n) is 17.6. The molecule has 27 heavy (non-hydrogen) atoms. The standard InChI is InChI=1S/C21H35NO4Si/c1-7-24-20(23)17-13-19(25-14-16-11-9-8-10-12-16)18(22-17)15-26-27(5,6)21(2,3)4/h8-12,17-19,22H,7,13-15H2,1-6H3/t17-,18+,19-/m0/s1. The van der Waals surface area contributed by atoms with E-state index in [1.807, 2.05) is 37.3 Å². The van der Waals surface area contributed by atoms with E-state index in [0.29, 0.717) is 26.2 Å². The van der Waals surface area contributed by atoms with Crippen LogP contribution >= 0.6 is 0 Å². The molecule has 1 aromatic rings. The van der Waals surface area contributed by atoms with Gasteiger partial charge in [-0.2, -0.15) is 0 Å². The summed E-state index contributed by atoms with van der Waals surface area (Å²) < 4.78 is 17.8. The van der Waals surface area contributed by atoms with Crippen molar-refractivity contribution < 1.29 is 18.7 Å². The number of esters is 1. The van der Waals surface area contributed by atoms with Crippen LogP contribution in [-0.2, 0) is 25.3 Å². The molecule has 1 fully saturated rings. The first-order valence-corrected chi connectivity index (χ1v) is 12.8. The Kier molecular flexibility index (Phi) is 7.62. The molecule has 1 heterocycles. The maximum atomic E-state index is 12.2. The lowest BCUT2D eigenvalue weighted by Gasteiger charge is -2.37. The maximum Gasteiger partial charge on any atom is 0.323 e. The molecular formula is C21H35NO4Si. The summed E-state index contributed by atoms with van der Waals surface area (Å²) in [7, 11) is -1.87. The van der Waals surface area contributed by atoms with Gasteiger partial charge in [0.2, 0.25) is 0 Å². The molecule has 2 rings (SSSR count). The van der Waals surface area contributed by atoms with Crippen molar-refractivity contribution in [3.63, 3.8) is 0 Å². The summed E-state index contributed by atoms with van der Waals surface area (Å²) >= 11 is 0. The molecule has 1 saturated heterocycles. The number of carbonyl (C=O) groups excluding carboxylic acids is 1.